The third-order valence-corrected chi connectivity index (χ3v) is 2.53. The highest BCUT2D eigenvalue weighted by atomic mass is 16.2. The molecule has 0 atom stereocenters. The van der Waals surface area contributed by atoms with Crippen molar-refractivity contribution in [2.75, 3.05) is 13.1 Å². The zero-order valence-corrected chi connectivity index (χ0v) is 7.47. The van der Waals surface area contributed by atoms with E-state index in [0.717, 1.165) is 25.9 Å². The summed E-state index contributed by atoms with van der Waals surface area (Å²) in [6, 6.07) is 0. The van der Waals surface area contributed by atoms with Crippen molar-refractivity contribution in [1.29, 1.82) is 0 Å². The van der Waals surface area contributed by atoms with Crippen molar-refractivity contribution >= 4 is 5.91 Å². The Balaban J connectivity index is 2.36. The Bertz CT molecular complexity index is 136. The van der Waals surface area contributed by atoms with Gasteiger partial charge in [-0.05, 0) is 26.7 Å². The van der Waals surface area contributed by atoms with Crippen LogP contribution < -0.4 is 0 Å². The van der Waals surface area contributed by atoms with Gasteiger partial charge < -0.3 is 4.90 Å². The van der Waals surface area contributed by atoms with Crippen molar-refractivity contribution < 1.29 is 4.79 Å². The van der Waals surface area contributed by atoms with Crippen LogP contribution in [-0.4, -0.2) is 23.9 Å². The summed E-state index contributed by atoms with van der Waals surface area (Å²) in [6.07, 6.45) is 3.49. The highest BCUT2D eigenvalue weighted by Gasteiger charge is 2.27. The molecule has 1 aliphatic rings. The molecule has 2 nitrogen and oxygen atoms in total. The molecule has 0 aromatic carbocycles. The summed E-state index contributed by atoms with van der Waals surface area (Å²) in [6.45, 7) is 5.82. The Hall–Kier alpha value is -0.530. The first-order valence-corrected chi connectivity index (χ1v) is 4.58. The summed E-state index contributed by atoms with van der Waals surface area (Å²) in [5.41, 5.74) is 0. The van der Waals surface area contributed by atoms with Gasteiger partial charge in [-0.15, -0.1) is 0 Å². The normalized spacial score (nSPS) is 17.6. The van der Waals surface area contributed by atoms with E-state index in [2.05, 4.69) is 0 Å². The molecular weight excluding hydrogens is 138 g/mol. The summed E-state index contributed by atoms with van der Waals surface area (Å²) < 4.78 is 0. The Morgan fingerprint density at radius 2 is 1.91 bits per heavy atom. The van der Waals surface area contributed by atoms with E-state index < -0.39 is 0 Å². The monoisotopic (exact) mass is 155 g/mol. The second-order valence-electron chi connectivity index (χ2n) is 3.14. The minimum absolute atomic E-state index is 0.370. The first kappa shape index (κ1) is 8.57. The van der Waals surface area contributed by atoms with Crippen molar-refractivity contribution in [3.8, 4) is 0 Å². The molecule has 1 rings (SSSR count). The van der Waals surface area contributed by atoms with Gasteiger partial charge in [0.05, 0.1) is 0 Å². The number of rotatable bonds is 3. The Morgan fingerprint density at radius 1 is 1.36 bits per heavy atom. The molecule has 0 unspecified atom stereocenters. The first-order valence-electron chi connectivity index (χ1n) is 4.58. The van der Waals surface area contributed by atoms with Gasteiger partial charge in [0.2, 0.25) is 5.91 Å². The van der Waals surface area contributed by atoms with Gasteiger partial charge in [-0.1, -0.05) is 6.42 Å². The molecular formula is C9H17NO. The molecule has 0 heterocycles. The Labute approximate surface area is 68.6 Å². The highest BCUT2D eigenvalue weighted by Crippen LogP contribution is 2.27. The van der Waals surface area contributed by atoms with Crippen LogP contribution in [0, 0.1) is 5.92 Å². The molecule has 0 aromatic rings. The fraction of sp³-hybridized carbons (Fsp3) is 0.889. The molecule has 11 heavy (non-hydrogen) atoms. The third-order valence-electron chi connectivity index (χ3n) is 2.53. The third kappa shape index (κ3) is 1.73. The lowest BCUT2D eigenvalue weighted by molar-refractivity contribution is -0.137. The predicted octanol–water partition coefficient (Wildman–Crippen LogP) is 1.65. The van der Waals surface area contributed by atoms with E-state index in [1.54, 1.807) is 0 Å². The number of nitrogens with zero attached hydrogens (tertiary/aromatic N) is 1. The van der Waals surface area contributed by atoms with E-state index in [-0.39, 0.29) is 0 Å². The van der Waals surface area contributed by atoms with Gasteiger partial charge in [0.25, 0.3) is 0 Å². The number of carbonyl (C=O) groups is 1. The lowest BCUT2D eigenvalue weighted by Crippen LogP contribution is -2.38. The van der Waals surface area contributed by atoms with E-state index in [1.165, 1.54) is 6.42 Å². The van der Waals surface area contributed by atoms with E-state index in [1.807, 2.05) is 18.7 Å². The van der Waals surface area contributed by atoms with E-state index in [4.69, 9.17) is 0 Å². The summed E-state index contributed by atoms with van der Waals surface area (Å²) >= 11 is 0. The van der Waals surface area contributed by atoms with Gasteiger partial charge in [0.1, 0.15) is 0 Å². The standard InChI is InChI=1S/C9H17NO/c1-3-10(4-2)9(11)8-6-5-7-8/h8H,3-7H2,1-2H3. The molecule has 1 amide bonds. The average molecular weight is 155 g/mol. The van der Waals surface area contributed by atoms with Gasteiger partial charge in [-0.25, -0.2) is 0 Å². The maximum atomic E-state index is 11.5. The molecule has 0 aliphatic heterocycles. The fourth-order valence-corrected chi connectivity index (χ4v) is 1.45. The smallest absolute Gasteiger partial charge is 0.225 e. The molecule has 1 saturated carbocycles. The molecule has 2 heteroatoms. The van der Waals surface area contributed by atoms with E-state index in [9.17, 15) is 4.79 Å². The Kier molecular flexibility index (Phi) is 2.92. The zero-order chi connectivity index (χ0) is 8.27. The van der Waals surface area contributed by atoms with E-state index in [0.29, 0.717) is 11.8 Å². The zero-order valence-electron chi connectivity index (χ0n) is 7.47. The van der Waals surface area contributed by atoms with Crippen LogP contribution in [0.2, 0.25) is 0 Å². The van der Waals surface area contributed by atoms with Crippen LogP contribution in [0.15, 0.2) is 0 Å². The van der Waals surface area contributed by atoms with Crippen LogP contribution in [-0.2, 0) is 4.79 Å². The number of hydrogen-bond acceptors (Lipinski definition) is 1. The molecule has 0 bridgehead atoms. The minimum atomic E-state index is 0.370. The van der Waals surface area contributed by atoms with Crippen molar-refractivity contribution in [2.45, 2.75) is 33.1 Å². The number of carbonyl (C=O) groups excluding carboxylic acids is 1. The topological polar surface area (TPSA) is 20.3 Å². The van der Waals surface area contributed by atoms with Crippen molar-refractivity contribution in [2.24, 2.45) is 5.92 Å². The van der Waals surface area contributed by atoms with Crippen molar-refractivity contribution in [1.82, 2.24) is 4.90 Å². The number of amides is 1. The molecule has 64 valence electrons. The van der Waals surface area contributed by atoms with Gasteiger partial charge in [0.15, 0.2) is 0 Å². The van der Waals surface area contributed by atoms with Crippen LogP contribution in [0.5, 0.6) is 0 Å². The number of hydrogen-bond donors (Lipinski definition) is 0. The molecule has 1 fully saturated rings. The minimum Gasteiger partial charge on any atom is -0.343 e. The SMILES string of the molecule is CCN(CC)C(=O)C1CCC1. The lowest BCUT2D eigenvalue weighted by Gasteiger charge is -2.30. The fourth-order valence-electron chi connectivity index (χ4n) is 1.45. The summed E-state index contributed by atoms with van der Waals surface area (Å²) in [7, 11) is 0. The maximum absolute atomic E-state index is 11.5. The quantitative estimate of drug-likeness (QED) is 0.607. The highest BCUT2D eigenvalue weighted by molar-refractivity contribution is 5.79. The van der Waals surface area contributed by atoms with Crippen LogP contribution in [0.1, 0.15) is 33.1 Å². The predicted molar refractivity (Wildman–Crippen MR) is 45.3 cm³/mol. The van der Waals surface area contributed by atoms with Crippen LogP contribution in [0.3, 0.4) is 0 Å². The molecule has 0 saturated heterocycles. The largest absolute Gasteiger partial charge is 0.343 e. The summed E-state index contributed by atoms with van der Waals surface area (Å²) in [5, 5.41) is 0. The molecule has 1 aliphatic carbocycles. The van der Waals surface area contributed by atoms with Crippen LogP contribution in [0.4, 0.5) is 0 Å². The van der Waals surface area contributed by atoms with E-state index >= 15 is 0 Å². The average Bonchev–Trinajstić information content (AvgIpc) is 1.86. The van der Waals surface area contributed by atoms with Gasteiger partial charge >= 0.3 is 0 Å². The van der Waals surface area contributed by atoms with Gasteiger partial charge in [-0.2, -0.15) is 0 Å². The summed E-state index contributed by atoms with van der Waals surface area (Å²) in [4.78, 5) is 13.4. The molecule has 0 N–H and O–H groups in total. The molecule has 0 spiro atoms. The second kappa shape index (κ2) is 3.74. The van der Waals surface area contributed by atoms with Gasteiger partial charge in [0, 0.05) is 19.0 Å². The van der Waals surface area contributed by atoms with Crippen molar-refractivity contribution in [3.63, 3.8) is 0 Å². The van der Waals surface area contributed by atoms with Crippen LogP contribution >= 0.6 is 0 Å². The molecule has 0 aromatic heterocycles. The first-order chi connectivity index (χ1) is 5.29. The molecule has 0 radical (unpaired) electrons. The lowest BCUT2D eigenvalue weighted by atomic mass is 9.84. The second-order valence-corrected chi connectivity index (χ2v) is 3.14. The van der Waals surface area contributed by atoms with Crippen LogP contribution in [0.25, 0.3) is 0 Å². The van der Waals surface area contributed by atoms with Crippen molar-refractivity contribution in [3.05, 3.63) is 0 Å². The Morgan fingerprint density at radius 3 is 2.18 bits per heavy atom. The van der Waals surface area contributed by atoms with Gasteiger partial charge in [-0.3, -0.25) is 4.79 Å². The maximum Gasteiger partial charge on any atom is 0.225 e. The summed E-state index contributed by atoms with van der Waals surface area (Å²) in [5.74, 6) is 0.746.